The highest BCUT2D eigenvalue weighted by Crippen LogP contribution is 2.11. The average Bonchev–Trinajstić information content (AvgIpc) is 2.13. The van der Waals surface area contributed by atoms with Crippen molar-refractivity contribution in [3.63, 3.8) is 0 Å². The van der Waals surface area contributed by atoms with Gasteiger partial charge in [-0.3, -0.25) is 0 Å². The van der Waals surface area contributed by atoms with Crippen molar-refractivity contribution in [3.05, 3.63) is 0 Å². The summed E-state index contributed by atoms with van der Waals surface area (Å²) in [5.41, 5.74) is -0.0980. The molecule has 0 bridgehead atoms. The molecule has 0 aliphatic rings. The topological polar surface area (TPSA) is 50.7 Å². The summed E-state index contributed by atoms with van der Waals surface area (Å²) in [5, 5.41) is 12.5. The summed E-state index contributed by atoms with van der Waals surface area (Å²) in [6.45, 7) is 5.86. The molecule has 0 radical (unpaired) electrons. The number of hydrogen-bond acceptors (Lipinski definition) is 4. The first kappa shape index (κ1) is 13.8. The highest BCUT2D eigenvalue weighted by molar-refractivity contribution is 4.69. The molecule has 14 heavy (non-hydrogen) atoms. The lowest BCUT2D eigenvalue weighted by Gasteiger charge is -2.23. The molecule has 1 unspecified atom stereocenters. The van der Waals surface area contributed by atoms with Crippen LogP contribution in [-0.4, -0.2) is 50.7 Å². The number of methoxy groups -OCH3 is 2. The first-order valence-electron chi connectivity index (χ1n) is 4.94. The van der Waals surface area contributed by atoms with E-state index in [0.29, 0.717) is 13.2 Å². The van der Waals surface area contributed by atoms with Crippen molar-refractivity contribution < 1.29 is 14.6 Å². The van der Waals surface area contributed by atoms with E-state index in [1.807, 2.05) is 13.8 Å². The maximum Gasteiger partial charge on any atom is 0.0897 e. The number of aliphatic hydroxyl groups is 1. The van der Waals surface area contributed by atoms with E-state index in [2.05, 4.69) is 5.32 Å². The van der Waals surface area contributed by atoms with Crippen LogP contribution in [0, 0.1) is 0 Å². The zero-order chi connectivity index (χ0) is 11.0. The highest BCUT2D eigenvalue weighted by Gasteiger charge is 2.15. The molecule has 0 aromatic carbocycles. The fraction of sp³-hybridized carbons (Fsp3) is 1.00. The van der Waals surface area contributed by atoms with Crippen LogP contribution in [0.25, 0.3) is 0 Å². The molecule has 1 atom stereocenters. The van der Waals surface area contributed by atoms with Crippen molar-refractivity contribution in [1.82, 2.24) is 5.32 Å². The van der Waals surface area contributed by atoms with Crippen molar-refractivity contribution in [2.45, 2.75) is 32.0 Å². The summed E-state index contributed by atoms with van der Waals surface area (Å²) in [4.78, 5) is 0. The quantitative estimate of drug-likeness (QED) is 0.563. The Hall–Kier alpha value is -0.160. The average molecular weight is 205 g/mol. The van der Waals surface area contributed by atoms with Crippen LogP contribution >= 0.6 is 0 Å². The van der Waals surface area contributed by atoms with Crippen LogP contribution in [0.4, 0.5) is 0 Å². The summed E-state index contributed by atoms with van der Waals surface area (Å²) in [7, 11) is 3.29. The predicted octanol–water partition coefficient (Wildman–Crippen LogP) is 0.398. The normalized spacial score (nSPS) is 14.4. The van der Waals surface area contributed by atoms with E-state index in [4.69, 9.17) is 9.47 Å². The fourth-order valence-electron chi connectivity index (χ4n) is 1.01. The Morgan fingerprint density at radius 3 is 2.50 bits per heavy atom. The van der Waals surface area contributed by atoms with Gasteiger partial charge in [-0.1, -0.05) is 0 Å². The smallest absolute Gasteiger partial charge is 0.0897 e. The van der Waals surface area contributed by atoms with Crippen molar-refractivity contribution in [2.24, 2.45) is 0 Å². The molecule has 86 valence electrons. The highest BCUT2D eigenvalue weighted by atomic mass is 16.5. The Balaban J connectivity index is 3.37. The number of hydrogen-bond donors (Lipinski definition) is 2. The molecule has 4 nitrogen and oxygen atoms in total. The van der Waals surface area contributed by atoms with Gasteiger partial charge in [0.1, 0.15) is 0 Å². The lowest BCUT2D eigenvalue weighted by atomic mass is 10.1. The summed E-state index contributed by atoms with van der Waals surface area (Å²) in [5.74, 6) is 0. The Labute approximate surface area is 86.6 Å². The van der Waals surface area contributed by atoms with Gasteiger partial charge < -0.3 is 19.9 Å². The van der Waals surface area contributed by atoms with E-state index >= 15 is 0 Å². The maximum absolute atomic E-state index is 9.32. The molecule has 0 aliphatic carbocycles. The van der Waals surface area contributed by atoms with Crippen LogP contribution in [-0.2, 0) is 9.47 Å². The van der Waals surface area contributed by atoms with Gasteiger partial charge in [0.2, 0.25) is 0 Å². The van der Waals surface area contributed by atoms with Gasteiger partial charge >= 0.3 is 0 Å². The van der Waals surface area contributed by atoms with Gasteiger partial charge in [-0.05, 0) is 26.8 Å². The van der Waals surface area contributed by atoms with Gasteiger partial charge in [-0.2, -0.15) is 0 Å². The molecule has 0 aromatic heterocycles. The van der Waals surface area contributed by atoms with Crippen molar-refractivity contribution in [2.75, 3.05) is 33.9 Å². The van der Waals surface area contributed by atoms with Crippen molar-refractivity contribution in [1.29, 1.82) is 0 Å². The molecule has 0 aliphatic heterocycles. The van der Waals surface area contributed by atoms with E-state index in [9.17, 15) is 5.11 Å². The van der Waals surface area contributed by atoms with Crippen molar-refractivity contribution >= 4 is 0 Å². The molecule has 0 amide bonds. The number of rotatable bonds is 8. The van der Waals surface area contributed by atoms with Gasteiger partial charge in [0.15, 0.2) is 0 Å². The number of aliphatic hydroxyl groups excluding tert-OH is 1. The number of nitrogens with one attached hydrogen (secondary N) is 1. The zero-order valence-electron chi connectivity index (χ0n) is 9.67. The molecule has 0 saturated carbocycles. The standard InChI is InChI=1S/C10H23NO3/c1-10(2,14-4)5-6-11-7-9(12)8-13-3/h9,11-12H,5-8H2,1-4H3. The summed E-state index contributed by atoms with van der Waals surface area (Å²) >= 11 is 0. The van der Waals surface area contributed by atoms with Gasteiger partial charge in [0.05, 0.1) is 18.3 Å². The Bertz CT molecular complexity index is 139. The predicted molar refractivity (Wildman–Crippen MR) is 56.5 cm³/mol. The molecular weight excluding hydrogens is 182 g/mol. The molecule has 0 heterocycles. The van der Waals surface area contributed by atoms with Gasteiger partial charge in [-0.15, -0.1) is 0 Å². The summed E-state index contributed by atoms with van der Waals surface area (Å²) in [6.07, 6.45) is 0.495. The Kier molecular flexibility index (Phi) is 7.09. The molecule has 2 N–H and O–H groups in total. The molecule has 0 fully saturated rings. The lowest BCUT2D eigenvalue weighted by Crippen LogP contribution is -2.34. The van der Waals surface area contributed by atoms with Crippen LogP contribution in [0.5, 0.6) is 0 Å². The second-order valence-electron chi connectivity index (χ2n) is 4.03. The van der Waals surface area contributed by atoms with Crippen LogP contribution in [0.15, 0.2) is 0 Å². The molecule has 0 rings (SSSR count). The van der Waals surface area contributed by atoms with Crippen LogP contribution < -0.4 is 5.32 Å². The minimum atomic E-state index is -0.425. The third-order valence-electron chi connectivity index (χ3n) is 2.20. The largest absolute Gasteiger partial charge is 0.389 e. The monoisotopic (exact) mass is 205 g/mol. The second-order valence-corrected chi connectivity index (χ2v) is 4.03. The van der Waals surface area contributed by atoms with Gasteiger partial charge in [0.25, 0.3) is 0 Å². The van der Waals surface area contributed by atoms with Crippen LogP contribution in [0.2, 0.25) is 0 Å². The zero-order valence-corrected chi connectivity index (χ0v) is 9.67. The van der Waals surface area contributed by atoms with Crippen LogP contribution in [0.3, 0.4) is 0 Å². The molecular formula is C10H23NO3. The number of ether oxygens (including phenoxy) is 2. The minimum Gasteiger partial charge on any atom is -0.389 e. The van der Waals surface area contributed by atoms with Gasteiger partial charge in [-0.25, -0.2) is 0 Å². The molecule has 4 heteroatoms. The molecule has 0 spiro atoms. The third-order valence-corrected chi connectivity index (χ3v) is 2.20. The second kappa shape index (κ2) is 7.17. The maximum atomic E-state index is 9.32. The van der Waals surface area contributed by atoms with E-state index in [-0.39, 0.29) is 5.60 Å². The SMILES string of the molecule is COCC(O)CNCCC(C)(C)OC. The van der Waals surface area contributed by atoms with Gasteiger partial charge in [0, 0.05) is 20.8 Å². The first-order valence-corrected chi connectivity index (χ1v) is 4.94. The first-order chi connectivity index (χ1) is 6.52. The van der Waals surface area contributed by atoms with Crippen LogP contribution in [0.1, 0.15) is 20.3 Å². The molecule has 0 saturated heterocycles. The Morgan fingerprint density at radius 2 is 2.00 bits per heavy atom. The Morgan fingerprint density at radius 1 is 1.36 bits per heavy atom. The van der Waals surface area contributed by atoms with E-state index in [0.717, 1.165) is 13.0 Å². The molecule has 0 aromatic rings. The van der Waals surface area contributed by atoms with E-state index in [1.165, 1.54) is 0 Å². The summed E-state index contributed by atoms with van der Waals surface area (Å²) < 4.78 is 10.1. The third kappa shape index (κ3) is 7.26. The lowest BCUT2D eigenvalue weighted by molar-refractivity contribution is 0.0142. The van der Waals surface area contributed by atoms with Crippen molar-refractivity contribution in [3.8, 4) is 0 Å². The fourth-order valence-corrected chi connectivity index (χ4v) is 1.01. The summed E-state index contributed by atoms with van der Waals surface area (Å²) in [6, 6.07) is 0. The minimum absolute atomic E-state index is 0.0980. The van der Waals surface area contributed by atoms with E-state index < -0.39 is 6.10 Å². The van der Waals surface area contributed by atoms with E-state index in [1.54, 1.807) is 14.2 Å².